The Labute approximate surface area is 87.6 Å². The van der Waals surface area contributed by atoms with Gasteiger partial charge in [-0.3, -0.25) is 9.36 Å². The van der Waals surface area contributed by atoms with E-state index < -0.39 is 0 Å². The highest BCUT2D eigenvalue weighted by atomic mass is 16.1. The summed E-state index contributed by atoms with van der Waals surface area (Å²) in [6, 6.07) is 5.69. The molecular formula is C11H13N3O. The summed E-state index contributed by atoms with van der Waals surface area (Å²) in [7, 11) is 3.46. The minimum absolute atomic E-state index is 0.0203. The molecule has 0 unspecified atom stereocenters. The third-order valence-electron chi connectivity index (χ3n) is 2.45. The van der Waals surface area contributed by atoms with Crippen LogP contribution in [-0.2, 0) is 7.05 Å². The number of hydrogen-bond acceptors (Lipinski definition) is 3. The summed E-state index contributed by atoms with van der Waals surface area (Å²) in [5.41, 5.74) is 1.78. The molecule has 4 nitrogen and oxygen atoms in total. The van der Waals surface area contributed by atoms with Crippen LogP contribution in [0.25, 0.3) is 10.9 Å². The van der Waals surface area contributed by atoms with Crippen LogP contribution < -0.4 is 10.9 Å². The molecule has 78 valence electrons. The Hall–Kier alpha value is -1.84. The van der Waals surface area contributed by atoms with E-state index in [9.17, 15) is 4.79 Å². The van der Waals surface area contributed by atoms with Crippen molar-refractivity contribution in [1.82, 2.24) is 9.55 Å². The molecule has 4 heteroatoms. The second-order valence-electron chi connectivity index (χ2n) is 3.57. The second kappa shape index (κ2) is 3.38. The largest absolute Gasteiger partial charge is 0.359 e. The lowest BCUT2D eigenvalue weighted by molar-refractivity contribution is 0.852. The first-order chi connectivity index (χ1) is 7.13. The summed E-state index contributed by atoms with van der Waals surface area (Å²) in [4.78, 5) is 16.3. The third-order valence-corrected chi connectivity index (χ3v) is 2.45. The average Bonchev–Trinajstić information content (AvgIpc) is 2.24. The zero-order chi connectivity index (χ0) is 11.0. The van der Waals surface area contributed by atoms with Crippen molar-refractivity contribution in [3.8, 4) is 0 Å². The van der Waals surface area contributed by atoms with E-state index in [4.69, 9.17) is 0 Å². The van der Waals surface area contributed by atoms with Gasteiger partial charge in [-0.05, 0) is 19.1 Å². The Balaban J connectivity index is 2.91. The van der Waals surface area contributed by atoms with Crippen molar-refractivity contribution < 1.29 is 0 Å². The zero-order valence-electron chi connectivity index (χ0n) is 9.03. The number of aromatic nitrogens is 2. The van der Waals surface area contributed by atoms with Crippen molar-refractivity contribution >= 4 is 16.9 Å². The monoisotopic (exact) mass is 203 g/mol. The summed E-state index contributed by atoms with van der Waals surface area (Å²) in [5, 5.41) is 3.56. The van der Waals surface area contributed by atoms with E-state index in [-0.39, 0.29) is 5.56 Å². The summed E-state index contributed by atoms with van der Waals surface area (Å²) < 4.78 is 1.52. The molecule has 1 heterocycles. The molecule has 0 saturated heterocycles. The van der Waals surface area contributed by atoms with E-state index in [0.717, 1.165) is 11.1 Å². The van der Waals surface area contributed by atoms with Crippen LogP contribution in [0.3, 0.4) is 0 Å². The van der Waals surface area contributed by atoms with Crippen molar-refractivity contribution in [2.75, 3.05) is 12.4 Å². The highest BCUT2D eigenvalue weighted by Gasteiger charge is 2.06. The molecule has 0 radical (unpaired) electrons. The van der Waals surface area contributed by atoms with Crippen molar-refractivity contribution in [3.63, 3.8) is 0 Å². The Kier molecular flexibility index (Phi) is 2.19. The predicted octanol–water partition coefficient (Wildman–Crippen LogP) is 1.28. The molecule has 0 spiro atoms. The number of nitrogens with one attached hydrogen (secondary N) is 1. The zero-order valence-corrected chi connectivity index (χ0v) is 9.03. The standard InChI is InChI=1S/C11H13N3O/c1-7-4-5-9-8(6-7)10(15)14(3)11(12-2)13-9/h4-6H,1-3H3,(H,12,13). The van der Waals surface area contributed by atoms with Crippen LogP contribution in [0.15, 0.2) is 23.0 Å². The van der Waals surface area contributed by atoms with E-state index in [1.165, 1.54) is 4.57 Å². The van der Waals surface area contributed by atoms with Crippen LogP contribution in [0, 0.1) is 6.92 Å². The Bertz CT molecular complexity index is 572. The fourth-order valence-electron chi connectivity index (χ4n) is 1.61. The molecule has 0 fully saturated rings. The lowest BCUT2D eigenvalue weighted by atomic mass is 10.2. The number of nitrogens with zero attached hydrogens (tertiary/aromatic N) is 2. The van der Waals surface area contributed by atoms with E-state index >= 15 is 0 Å². The van der Waals surface area contributed by atoms with Crippen LogP contribution in [-0.4, -0.2) is 16.6 Å². The predicted molar refractivity (Wildman–Crippen MR) is 61.3 cm³/mol. The number of fused-ring (bicyclic) bond motifs is 1. The summed E-state index contributed by atoms with van der Waals surface area (Å²) in [5.74, 6) is 0.580. The molecule has 0 amide bonds. The highest BCUT2D eigenvalue weighted by Crippen LogP contribution is 2.11. The minimum Gasteiger partial charge on any atom is -0.359 e. The van der Waals surface area contributed by atoms with Gasteiger partial charge in [-0.25, -0.2) is 4.98 Å². The average molecular weight is 203 g/mol. The molecule has 2 rings (SSSR count). The second-order valence-corrected chi connectivity index (χ2v) is 3.57. The van der Waals surface area contributed by atoms with Crippen LogP contribution >= 0.6 is 0 Å². The van der Waals surface area contributed by atoms with Gasteiger partial charge >= 0.3 is 0 Å². The van der Waals surface area contributed by atoms with Crippen molar-refractivity contribution in [3.05, 3.63) is 34.1 Å². The molecule has 15 heavy (non-hydrogen) atoms. The van der Waals surface area contributed by atoms with Crippen LogP contribution in [0.1, 0.15) is 5.56 Å². The van der Waals surface area contributed by atoms with Gasteiger partial charge < -0.3 is 5.32 Å². The van der Waals surface area contributed by atoms with Gasteiger partial charge in [-0.15, -0.1) is 0 Å². The fraction of sp³-hybridized carbons (Fsp3) is 0.273. The summed E-state index contributed by atoms with van der Waals surface area (Å²) >= 11 is 0. The quantitative estimate of drug-likeness (QED) is 0.759. The SMILES string of the molecule is CNc1nc2ccc(C)cc2c(=O)n1C. The lowest BCUT2D eigenvalue weighted by Gasteiger charge is -2.08. The first-order valence-corrected chi connectivity index (χ1v) is 4.78. The van der Waals surface area contributed by atoms with Gasteiger partial charge in [0.2, 0.25) is 5.95 Å². The maximum Gasteiger partial charge on any atom is 0.262 e. The number of rotatable bonds is 1. The number of hydrogen-bond donors (Lipinski definition) is 1. The molecule has 0 aliphatic heterocycles. The maximum absolute atomic E-state index is 11.9. The Morgan fingerprint density at radius 2 is 2.13 bits per heavy atom. The summed E-state index contributed by atoms with van der Waals surface area (Å²) in [6.45, 7) is 1.96. The van der Waals surface area contributed by atoms with Crippen LogP contribution in [0.2, 0.25) is 0 Å². The third kappa shape index (κ3) is 1.48. The van der Waals surface area contributed by atoms with Gasteiger partial charge in [0.25, 0.3) is 5.56 Å². The Morgan fingerprint density at radius 3 is 2.80 bits per heavy atom. The van der Waals surface area contributed by atoms with Crippen molar-refractivity contribution in [1.29, 1.82) is 0 Å². The fourth-order valence-corrected chi connectivity index (χ4v) is 1.61. The normalized spacial score (nSPS) is 10.6. The number of benzene rings is 1. The molecule has 2 aromatic rings. The van der Waals surface area contributed by atoms with Crippen molar-refractivity contribution in [2.24, 2.45) is 7.05 Å². The van der Waals surface area contributed by atoms with Gasteiger partial charge in [0.05, 0.1) is 10.9 Å². The number of aryl methyl sites for hydroxylation is 1. The number of anilines is 1. The topological polar surface area (TPSA) is 46.9 Å². The Morgan fingerprint density at radius 1 is 1.40 bits per heavy atom. The molecule has 0 aliphatic rings. The first-order valence-electron chi connectivity index (χ1n) is 4.78. The van der Waals surface area contributed by atoms with E-state index in [1.807, 2.05) is 25.1 Å². The van der Waals surface area contributed by atoms with Gasteiger partial charge in [-0.1, -0.05) is 11.6 Å². The van der Waals surface area contributed by atoms with Crippen LogP contribution in [0.5, 0.6) is 0 Å². The lowest BCUT2D eigenvalue weighted by Crippen LogP contribution is -2.21. The summed E-state index contributed by atoms with van der Waals surface area (Å²) in [6.07, 6.45) is 0. The van der Waals surface area contributed by atoms with Crippen LogP contribution in [0.4, 0.5) is 5.95 Å². The molecule has 0 atom stereocenters. The molecule has 1 N–H and O–H groups in total. The molecule has 1 aromatic heterocycles. The molecule has 0 saturated carbocycles. The molecule has 1 aromatic carbocycles. The van der Waals surface area contributed by atoms with Crippen molar-refractivity contribution in [2.45, 2.75) is 6.92 Å². The van der Waals surface area contributed by atoms with E-state index in [2.05, 4.69) is 10.3 Å². The highest BCUT2D eigenvalue weighted by molar-refractivity contribution is 5.79. The minimum atomic E-state index is -0.0203. The van der Waals surface area contributed by atoms with Gasteiger partial charge in [0.15, 0.2) is 0 Å². The van der Waals surface area contributed by atoms with Gasteiger partial charge in [-0.2, -0.15) is 0 Å². The van der Waals surface area contributed by atoms with E-state index in [0.29, 0.717) is 11.3 Å². The van der Waals surface area contributed by atoms with Gasteiger partial charge in [0, 0.05) is 14.1 Å². The van der Waals surface area contributed by atoms with E-state index in [1.54, 1.807) is 14.1 Å². The first kappa shape index (κ1) is 9.71. The molecular weight excluding hydrogens is 190 g/mol. The maximum atomic E-state index is 11.9. The molecule has 0 bridgehead atoms. The smallest absolute Gasteiger partial charge is 0.262 e. The van der Waals surface area contributed by atoms with Gasteiger partial charge in [0.1, 0.15) is 0 Å². The molecule has 0 aliphatic carbocycles.